The van der Waals surface area contributed by atoms with E-state index in [4.69, 9.17) is 4.74 Å². The Hall–Kier alpha value is -2.51. The Morgan fingerprint density at radius 1 is 0.974 bits per heavy atom. The number of carbonyl (C=O) groups is 1. The standard InChI is InChI=1S/C31H44F2N2O3/c1-28(2,3)23-13-10-14-24(20-23)30(15-17-31(32,33)18-16-30)34-21-26(36)25(19-22-11-8-7-9-12-22)35-27(37)38-29(4,5)6/h7-14,20,25-26,34,36H,15-19,21H2,1-6H3,(H,35,37)/t25-,26+/m0/s1. The summed E-state index contributed by atoms with van der Waals surface area (Å²) in [5.41, 5.74) is 1.56. The molecule has 0 bridgehead atoms. The van der Waals surface area contributed by atoms with Crippen molar-refractivity contribution in [3.05, 3.63) is 71.3 Å². The molecule has 2 atom stereocenters. The third kappa shape index (κ3) is 8.50. The van der Waals surface area contributed by atoms with Crippen molar-refractivity contribution in [2.45, 2.75) is 108 Å². The maximum atomic E-state index is 14.2. The first-order valence-electron chi connectivity index (χ1n) is 13.5. The lowest BCUT2D eigenvalue weighted by molar-refractivity contribution is -0.0587. The van der Waals surface area contributed by atoms with Crippen LogP contribution in [-0.2, 0) is 22.1 Å². The van der Waals surface area contributed by atoms with Gasteiger partial charge in [-0.25, -0.2) is 13.6 Å². The SMILES string of the molecule is CC(C)(C)OC(=O)N[C@@H](Cc1ccccc1)[C@H](O)CNC1(c2cccc(C(C)(C)C)c2)CCC(F)(F)CC1. The molecule has 7 heteroatoms. The van der Waals surface area contributed by atoms with Crippen LogP contribution < -0.4 is 10.6 Å². The van der Waals surface area contributed by atoms with Crippen LogP contribution >= 0.6 is 0 Å². The largest absolute Gasteiger partial charge is 0.444 e. The van der Waals surface area contributed by atoms with E-state index in [9.17, 15) is 18.7 Å². The molecule has 1 fully saturated rings. The van der Waals surface area contributed by atoms with Crippen molar-refractivity contribution >= 4 is 6.09 Å². The van der Waals surface area contributed by atoms with Crippen LogP contribution in [0.15, 0.2) is 54.6 Å². The maximum absolute atomic E-state index is 14.2. The van der Waals surface area contributed by atoms with Gasteiger partial charge in [0.1, 0.15) is 5.60 Å². The number of rotatable bonds is 8. The van der Waals surface area contributed by atoms with Gasteiger partial charge < -0.3 is 20.5 Å². The summed E-state index contributed by atoms with van der Waals surface area (Å²) in [6, 6.07) is 17.1. The number of hydrogen-bond acceptors (Lipinski definition) is 4. The highest BCUT2D eigenvalue weighted by atomic mass is 19.3. The van der Waals surface area contributed by atoms with Crippen LogP contribution in [0.25, 0.3) is 0 Å². The normalized spacial score (nSPS) is 18.9. The van der Waals surface area contributed by atoms with E-state index in [-0.39, 0.29) is 37.6 Å². The summed E-state index contributed by atoms with van der Waals surface area (Å²) in [5.74, 6) is -2.69. The molecule has 3 rings (SSSR count). The van der Waals surface area contributed by atoms with Crippen LogP contribution in [-0.4, -0.2) is 41.4 Å². The maximum Gasteiger partial charge on any atom is 0.407 e. The Bertz CT molecular complexity index is 1050. The highest BCUT2D eigenvalue weighted by molar-refractivity contribution is 5.68. The average molecular weight is 531 g/mol. The molecule has 0 unspecified atom stereocenters. The van der Waals surface area contributed by atoms with Gasteiger partial charge in [0, 0.05) is 24.9 Å². The lowest BCUT2D eigenvalue weighted by Crippen LogP contribution is -2.54. The summed E-state index contributed by atoms with van der Waals surface area (Å²) in [4.78, 5) is 12.6. The number of benzene rings is 2. The first-order valence-corrected chi connectivity index (χ1v) is 13.5. The number of aliphatic hydroxyl groups excluding tert-OH is 1. The summed E-state index contributed by atoms with van der Waals surface area (Å²) in [5, 5.41) is 17.6. The second-order valence-corrected chi connectivity index (χ2v) is 12.7. The molecular weight excluding hydrogens is 486 g/mol. The molecule has 1 amide bonds. The second kappa shape index (κ2) is 11.7. The highest BCUT2D eigenvalue weighted by Gasteiger charge is 2.44. The van der Waals surface area contributed by atoms with Crippen LogP contribution in [0.2, 0.25) is 0 Å². The molecule has 3 N–H and O–H groups in total. The molecule has 0 aromatic heterocycles. The van der Waals surface area contributed by atoms with E-state index in [1.54, 1.807) is 20.8 Å². The number of amides is 1. The summed E-state index contributed by atoms with van der Waals surface area (Å²) < 4.78 is 33.9. The number of ether oxygens (including phenoxy) is 1. The minimum absolute atomic E-state index is 0.0898. The van der Waals surface area contributed by atoms with E-state index in [2.05, 4.69) is 43.5 Å². The summed E-state index contributed by atoms with van der Waals surface area (Å²) in [6.45, 7) is 11.9. The van der Waals surface area contributed by atoms with Crippen molar-refractivity contribution in [1.29, 1.82) is 0 Å². The number of alkyl halides is 2. The topological polar surface area (TPSA) is 70.6 Å². The van der Waals surface area contributed by atoms with Gasteiger partial charge in [-0.05, 0) is 62.1 Å². The van der Waals surface area contributed by atoms with E-state index in [0.717, 1.165) is 16.7 Å². The number of hydrogen-bond donors (Lipinski definition) is 3. The number of alkyl carbamates (subject to hydrolysis) is 1. The van der Waals surface area contributed by atoms with Gasteiger partial charge in [0.2, 0.25) is 5.92 Å². The lowest BCUT2D eigenvalue weighted by atomic mass is 9.73. The Kier molecular flexibility index (Phi) is 9.25. The molecule has 2 aromatic rings. The summed E-state index contributed by atoms with van der Waals surface area (Å²) in [6.07, 6.45) is -1.13. The summed E-state index contributed by atoms with van der Waals surface area (Å²) in [7, 11) is 0. The van der Waals surface area contributed by atoms with Crippen LogP contribution in [0.1, 0.15) is 83.9 Å². The molecule has 0 radical (unpaired) electrons. The van der Waals surface area contributed by atoms with E-state index in [1.165, 1.54) is 0 Å². The van der Waals surface area contributed by atoms with Gasteiger partial charge in [-0.3, -0.25) is 0 Å². The molecule has 38 heavy (non-hydrogen) atoms. The highest BCUT2D eigenvalue weighted by Crippen LogP contribution is 2.44. The minimum Gasteiger partial charge on any atom is -0.444 e. The van der Waals surface area contributed by atoms with Crippen molar-refractivity contribution < 1.29 is 23.4 Å². The molecule has 1 aliphatic carbocycles. The quantitative estimate of drug-likeness (QED) is 0.366. The van der Waals surface area contributed by atoms with E-state index in [0.29, 0.717) is 6.42 Å². The van der Waals surface area contributed by atoms with Crippen molar-refractivity contribution in [2.24, 2.45) is 0 Å². The second-order valence-electron chi connectivity index (χ2n) is 12.7. The van der Waals surface area contributed by atoms with Gasteiger partial charge in [-0.15, -0.1) is 0 Å². The fraction of sp³-hybridized carbons (Fsp3) is 0.581. The number of halogens is 2. The number of aliphatic hydroxyl groups is 1. The predicted molar refractivity (Wildman–Crippen MR) is 148 cm³/mol. The van der Waals surface area contributed by atoms with Gasteiger partial charge in [0.05, 0.1) is 12.1 Å². The molecule has 0 spiro atoms. The molecule has 0 heterocycles. The van der Waals surface area contributed by atoms with Gasteiger partial charge in [-0.1, -0.05) is 75.4 Å². The van der Waals surface area contributed by atoms with Crippen molar-refractivity contribution in [1.82, 2.24) is 10.6 Å². The van der Waals surface area contributed by atoms with E-state index >= 15 is 0 Å². The zero-order valence-corrected chi connectivity index (χ0v) is 23.6. The zero-order valence-electron chi connectivity index (χ0n) is 23.6. The van der Waals surface area contributed by atoms with Gasteiger partial charge >= 0.3 is 6.09 Å². The van der Waals surface area contributed by atoms with E-state index in [1.807, 2.05) is 42.5 Å². The van der Waals surface area contributed by atoms with Crippen LogP contribution in [0, 0.1) is 0 Å². The summed E-state index contributed by atoms with van der Waals surface area (Å²) >= 11 is 0. The fourth-order valence-corrected chi connectivity index (χ4v) is 4.95. The molecule has 210 valence electrons. The predicted octanol–water partition coefficient (Wildman–Crippen LogP) is 6.48. The molecule has 0 saturated heterocycles. The van der Waals surface area contributed by atoms with Crippen molar-refractivity contribution in [3.8, 4) is 0 Å². The van der Waals surface area contributed by atoms with Crippen LogP contribution in [0.4, 0.5) is 13.6 Å². The Morgan fingerprint density at radius 2 is 1.61 bits per heavy atom. The van der Waals surface area contributed by atoms with Crippen LogP contribution in [0.5, 0.6) is 0 Å². The number of carbonyl (C=O) groups excluding carboxylic acids is 1. The first-order chi connectivity index (χ1) is 17.6. The van der Waals surface area contributed by atoms with Gasteiger partial charge in [-0.2, -0.15) is 0 Å². The Balaban J connectivity index is 1.84. The third-order valence-corrected chi connectivity index (χ3v) is 7.23. The Labute approximate surface area is 226 Å². The minimum atomic E-state index is -2.69. The monoisotopic (exact) mass is 530 g/mol. The molecule has 5 nitrogen and oxygen atoms in total. The fourth-order valence-electron chi connectivity index (χ4n) is 4.95. The molecule has 0 aliphatic heterocycles. The molecule has 2 aromatic carbocycles. The van der Waals surface area contributed by atoms with Crippen molar-refractivity contribution in [2.75, 3.05) is 6.54 Å². The number of nitrogens with one attached hydrogen (secondary N) is 2. The first kappa shape index (κ1) is 30.0. The van der Waals surface area contributed by atoms with Gasteiger partial charge in [0.25, 0.3) is 0 Å². The van der Waals surface area contributed by atoms with Gasteiger partial charge in [0.15, 0.2) is 0 Å². The molecule has 1 aliphatic rings. The van der Waals surface area contributed by atoms with E-state index < -0.39 is 35.3 Å². The zero-order chi connectivity index (χ0) is 28.2. The third-order valence-electron chi connectivity index (χ3n) is 7.23. The molecule has 1 saturated carbocycles. The van der Waals surface area contributed by atoms with Crippen LogP contribution in [0.3, 0.4) is 0 Å². The molecular formula is C31H44F2N2O3. The average Bonchev–Trinajstić information content (AvgIpc) is 2.82. The smallest absolute Gasteiger partial charge is 0.407 e. The Morgan fingerprint density at radius 3 is 2.18 bits per heavy atom. The lowest BCUT2D eigenvalue weighted by Gasteiger charge is -2.43. The van der Waals surface area contributed by atoms with Crippen molar-refractivity contribution in [3.63, 3.8) is 0 Å².